The van der Waals surface area contributed by atoms with Gasteiger partial charge in [-0.05, 0) is 12.0 Å². The maximum Gasteiger partial charge on any atom is 0.223 e. The molecule has 0 bridgehead atoms. The molecule has 0 saturated heterocycles. The Kier molecular flexibility index (Phi) is 4.09. The van der Waals surface area contributed by atoms with E-state index in [1.54, 1.807) is 0 Å². The predicted octanol–water partition coefficient (Wildman–Crippen LogP) is 1.07. The molecule has 0 spiro atoms. The van der Waals surface area contributed by atoms with Crippen molar-refractivity contribution in [2.45, 2.75) is 12.5 Å². The van der Waals surface area contributed by atoms with Gasteiger partial charge in [-0.25, -0.2) is 9.97 Å². The number of benzene rings is 1. The van der Waals surface area contributed by atoms with Crippen LogP contribution in [0.3, 0.4) is 0 Å². The summed E-state index contributed by atoms with van der Waals surface area (Å²) in [6.45, 7) is 0.0165. The van der Waals surface area contributed by atoms with E-state index in [-0.39, 0.29) is 12.6 Å². The summed E-state index contributed by atoms with van der Waals surface area (Å²) in [7, 11) is 0. The second-order valence-corrected chi connectivity index (χ2v) is 4.05. The maximum absolute atomic E-state index is 9.36. The Balaban J connectivity index is 1.99. The summed E-state index contributed by atoms with van der Waals surface area (Å²) in [5.41, 5.74) is 7.18. The highest BCUT2D eigenvalue weighted by Crippen LogP contribution is 2.08. The minimum Gasteiger partial charge on any atom is -0.396 e. The quantitative estimate of drug-likeness (QED) is 0.732. The first-order valence-corrected chi connectivity index (χ1v) is 5.77. The summed E-state index contributed by atoms with van der Waals surface area (Å²) < 4.78 is 0. The third kappa shape index (κ3) is 3.43. The molecule has 1 aromatic heterocycles. The summed E-state index contributed by atoms with van der Waals surface area (Å²) in [6, 6.07) is 9.85. The lowest BCUT2D eigenvalue weighted by Gasteiger charge is -2.16. The van der Waals surface area contributed by atoms with Crippen molar-refractivity contribution in [2.24, 2.45) is 0 Å². The first kappa shape index (κ1) is 12.3. The minimum atomic E-state index is -0.115. The molecule has 2 rings (SSSR count). The van der Waals surface area contributed by atoms with Crippen molar-refractivity contribution in [1.82, 2.24) is 9.97 Å². The Bertz CT molecular complexity index is 472. The summed E-state index contributed by atoms with van der Waals surface area (Å²) >= 11 is 0. The van der Waals surface area contributed by atoms with E-state index in [9.17, 15) is 5.11 Å². The molecular formula is C13H16N4O. The second-order valence-electron chi connectivity index (χ2n) is 4.05. The number of rotatable bonds is 5. The van der Waals surface area contributed by atoms with Crippen molar-refractivity contribution < 1.29 is 5.11 Å². The fraction of sp³-hybridized carbons (Fsp3) is 0.231. The first-order valence-electron chi connectivity index (χ1n) is 5.77. The Labute approximate surface area is 106 Å². The smallest absolute Gasteiger partial charge is 0.223 e. The van der Waals surface area contributed by atoms with Crippen LogP contribution in [0.25, 0.3) is 0 Å². The van der Waals surface area contributed by atoms with E-state index in [0.29, 0.717) is 18.1 Å². The predicted molar refractivity (Wildman–Crippen MR) is 71.1 cm³/mol. The van der Waals surface area contributed by atoms with Crippen LogP contribution in [-0.2, 0) is 6.42 Å². The van der Waals surface area contributed by atoms with E-state index in [4.69, 9.17) is 5.73 Å². The van der Waals surface area contributed by atoms with Gasteiger partial charge in [0.2, 0.25) is 5.95 Å². The molecule has 0 saturated carbocycles. The van der Waals surface area contributed by atoms with Gasteiger partial charge in [-0.1, -0.05) is 30.3 Å². The summed E-state index contributed by atoms with van der Waals surface area (Å²) in [5.74, 6) is 0.471. The third-order valence-electron chi connectivity index (χ3n) is 2.55. The molecule has 4 N–H and O–H groups in total. The molecule has 18 heavy (non-hydrogen) atoms. The highest BCUT2D eigenvalue weighted by molar-refractivity contribution is 5.36. The van der Waals surface area contributed by atoms with Crippen molar-refractivity contribution in [1.29, 1.82) is 0 Å². The SMILES string of the molecule is Nc1cnc(NC(CO)Cc2ccccc2)nc1. The molecule has 1 unspecified atom stereocenters. The van der Waals surface area contributed by atoms with Crippen LogP contribution in [-0.4, -0.2) is 27.7 Å². The lowest BCUT2D eigenvalue weighted by Crippen LogP contribution is -2.27. The van der Waals surface area contributed by atoms with Crippen LogP contribution in [0.15, 0.2) is 42.7 Å². The first-order chi connectivity index (χ1) is 8.78. The van der Waals surface area contributed by atoms with Gasteiger partial charge in [0.15, 0.2) is 0 Å². The van der Waals surface area contributed by atoms with E-state index in [1.807, 2.05) is 30.3 Å². The number of aliphatic hydroxyl groups excluding tert-OH is 1. The highest BCUT2D eigenvalue weighted by atomic mass is 16.3. The molecule has 5 heteroatoms. The Morgan fingerprint density at radius 1 is 1.17 bits per heavy atom. The minimum absolute atomic E-state index is 0.0165. The molecule has 0 aliphatic rings. The number of aliphatic hydroxyl groups is 1. The van der Waals surface area contributed by atoms with Crippen LogP contribution < -0.4 is 11.1 Å². The number of hydrogen-bond acceptors (Lipinski definition) is 5. The van der Waals surface area contributed by atoms with Crippen LogP contribution in [0, 0.1) is 0 Å². The van der Waals surface area contributed by atoms with Gasteiger partial charge >= 0.3 is 0 Å². The number of nitrogen functional groups attached to an aromatic ring is 1. The van der Waals surface area contributed by atoms with Crippen LogP contribution in [0.1, 0.15) is 5.56 Å². The maximum atomic E-state index is 9.36. The normalized spacial score (nSPS) is 12.1. The van der Waals surface area contributed by atoms with Crippen molar-refractivity contribution >= 4 is 11.6 Å². The zero-order valence-electron chi connectivity index (χ0n) is 9.95. The number of hydrogen-bond donors (Lipinski definition) is 3. The van der Waals surface area contributed by atoms with Gasteiger partial charge in [0.25, 0.3) is 0 Å². The molecule has 1 atom stereocenters. The van der Waals surface area contributed by atoms with E-state index in [0.717, 1.165) is 5.56 Å². The molecule has 1 aromatic carbocycles. The monoisotopic (exact) mass is 244 g/mol. The largest absolute Gasteiger partial charge is 0.396 e. The Morgan fingerprint density at radius 2 is 1.83 bits per heavy atom. The third-order valence-corrected chi connectivity index (χ3v) is 2.55. The zero-order valence-corrected chi connectivity index (χ0v) is 9.95. The van der Waals surface area contributed by atoms with Gasteiger partial charge in [0.1, 0.15) is 0 Å². The molecular weight excluding hydrogens is 228 g/mol. The van der Waals surface area contributed by atoms with Crippen LogP contribution in [0.5, 0.6) is 0 Å². The standard InChI is InChI=1S/C13H16N4O/c14-11-7-15-13(16-8-11)17-12(9-18)6-10-4-2-1-3-5-10/h1-5,7-8,12,18H,6,9,14H2,(H,15,16,17). The van der Waals surface area contributed by atoms with Crippen molar-refractivity contribution in [2.75, 3.05) is 17.7 Å². The molecule has 1 heterocycles. The lowest BCUT2D eigenvalue weighted by atomic mass is 10.1. The van der Waals surface area contributed by atoms with Crippen LogP contribution in [0.4, 0.5) is 11.6 Å². The topological polar surface area (TPSA) is 84.1 Å². The average molecular weight is 244 g/mol. The molecule has 5 nitrogen and oxygen atoms in total. The van der Waals surface area contributed by atoms with Crippen LogP contribution in [0.2, 0.25) is 0 Å². The van der Waals surface area contributed by atoms with Crippen molar-refractivity contribution in [3.8, 4) is 0 Å². The van der Waals surface area contributed by atoms with Gasteiger partial charge in [-0.3, -0.25) is 0 Å². The molecule has 0 amide bonds. The van der Waals surface area contributed by atoms with E-state index < -0.39 is 0 Å². The number of nitrogens with two attached hydrogens (primary N) is 1. The molecule has 0 radical (unpaired) electrons. The van der Waals surface area contributed by atoms with Gasteiger partial charge < -0.3 is 16.2 Å². The fourth-order valence-electron chi connectivity index (χ4n) is 1.65. The van der Waals surface area contributed by atoms with Gasteiger partial charge in [0.05, 0.1) is 30.7 Å². The molecule has 0 fully saturated rings. The summed E-state index contributed by atoms with van der Waals surface area (Å²) in [5, 5.41) is 12.4. The van der Waals surface area contributed by atoms with E-state index >= 15 is 0 Å². The molecule has 0 aliphatic carbocycles. The Hall–Kier alpha value is -2.14. The van der Waals surface area contributed by atoms with Gasteiger partial charge in [0, 0.05) is 0 Å². The van der Waals surface area contributed by atoms with Crippen molar-refractivity contribution in [3.63, 3.8) is 0 Å². The summed E-state index contributed by atoms with van der Waals surface area (Å²) in [4.78, 5) is 8.10. The van der Waals surface area contributed by atoms with E-state index in [2.05, 4.69) is 15.3 Å². The number of nitrogens with zero attached hydrogens (tertiary/aromatic N) is 2. The number of nitrogens with one attached hydrogen (secondary N) is 1. The number of aromatic nitrogens is 2. The molecule has 94 valence electrons. The lowest BCUT2D eigenvalue weighted by molar-refractivity contribution is 0.273. The Morgan fingerprint density at radius 3 is 2.44 bits per heavy atom. The second kappa shape index (κ2) is 5.97. The number of anilines is 2. The van der Waals surface area contributed by atoms with Gasteiger partial charge in [-0.2, -0.15) is 0 Å². The fourth-order valence-corrected chi connectivity index (χ4v) is 1.65. The van der Waals surface area contributed by atoms with E-state index in [1.165, 1.54) is 12.4 Å². The summed E-state index contributed by atoms with van der Waals surface area (Å²) in [6.07, 6.45) is 3.78. The van der Waals surface area contributed by atoms with Crippen molar-refractivity contribution in [3.05, 3.63) is 48.3 Å². The highest BCUT2D eigenvalue weighted by Gasteiger charge is 2.09. The molecule has 0 aliphatic heterocycles. The van der Waals surface area contributed by atoms with Crippen LogP contribution >= 0.6 is 0 Å². The molecule has 2 aromatic rings. The average Bonchev–Trinajstić information content (AvgIpc) is 2.41. The van der Waals surface area contributed by atoms with Gasteiger partial charge in [-0.15, -0.1) is 0 Å². The zero-order chi connectivity index (χ0) is 12.8.